The van der Waals surface area contributed by atoms with Crippen LogP contribution in [0.4, 0.5) is 15.3 Å². The third-order valence-electron chi connectivity index (χ3n) is 4.55. The Hall–Kier alpha value is -4.08. The highest BCUT2D eigenvalue weighted by Crippen LogP contribution is 2.13. The van der Waals surface area contributed by atoms with Gasteiger partial charge in [-0.15, -0.1) is 0 Å². The van der Waals surface area contributed by atoms with E-state index in [1.54, 1.807) is 65.8 Å². The summed E-state index contributed by atoms with van der Waals surface area (Å²) < 4.78 is 20.9. The standard InChI is InChI=1S/C28H36N2O8/c1-27(2,3)37-24(32)22(30-26(34)38-28(4,5)6)18-36-25(33)29-21-14-12-19(13-15-21)16-23(31)35-17-20-10-8-7-9-11-20/h7-15,22H,16-18H2,1-6H3,(H,29,33)(H,30,34)/t22-/m0/s1. The van der Waals surface area contributed by atoms with E-state index in [0.29, 0.717) is 11.3 Å². The zero-order valence-electron chi connectivity index (χ0n) is 22.7. The highest BCUT2D eigenvalue weighted by atomic mass is 16.6. The number of amides is 2. The Bertz CT molecular complexity index is 1090. The molecule has 2 rings (SSSR count). The van der Waals surface area contributed by atoms with Crippen LogP contribution in [0.1, 0.15) is 52.7 Å². The Labute approximate surface area is 223 Å². The number of ether oxygens (including phenoxy) is 4. The zero-order valence-corrected chi connectivity index (χ0v) is 22.7. The number of rotatable bonds is 9. The van der Waals surface area contributed by atoms with E-state index in [-0.39, 0.29) is 19.0 Å². The maximum absolute atomic E-state index is 12.5. The highest BCUT2D eigenvalue weighted by Gasteiger charge is 2.30. The molecule has 38 heavy (non-hydrogen) atoms. The summed E-state index contributed by atoms with van der Waals surface area (Å²) in [6, 6.07) is 14.6. The molecule has 0 saturated heterocycles. The Morgan fingerprint density at radius 3 is 1.92 bits per heavy atom. The predicted molar refractivity (Wildman–Crippen MR) is 140 cm³/mol. The third kappa shape index (κ3) is 12.2. The molecule has 10 heteroatoms. The van der Waals surface area contributed by atoms with E-state index < -0.39 is 42.0 Å². The fraction of sp³-hybridized carbons (Fsp3) is 0.429. The van der Waals surface area contributed by atoms with Crippen LogP contribution in [0.3, 0.4) is 0 Å². The van der Waals surface area contributed by atoms with Gasteiger partial charge in [0, 0.05) is 5.69 Å². The first-order valence-corrected chi connectivity index (χ1v) is 12.1. The molecule has 0 radical (unpaired) electrons. The van der Waals surface area contributed by atoms with Gasteiger partial charge in [-0.3, -0.25) is 10.1 Å². The smallest absolute Gasteiger partial charge is 0.411 e. The van der Waals surface area contributed by atoms with Crippen LogP contribution < -0.4 is 10.6 Å². The van der Waals surface area contributed by atoms with Gasteiger partial charge in [-0.25, -0.2) is 14.4 Å². The lowest BCUT2D eigenvalue weighted by Gasteiger charge is -2.26. The number of anilines is 1. The van der Waals surface area contributed by atoms with Crippen molar-refractivity contribution in [3.8, 4) is 0 Å². The Morgan fingerprint density at radius 2 is 1.34 bits per heavy atom. The van der Waals surface area contributed by atoms with Crippen molar-refractivity contribution in [3.63, 3.8) is 0 Å². The molecule has 2 N–H and O–H groups in total. The van der Waals surface area contributed by atoms with Gasteiger partial charge in [0.25, 0.3) is 0 Å². The third-order valence-corrected chi connectivity index (χ3v) is 4.55. The van der Waals surface area contributed by atoms with Crippen LogP contribution >= 0.6 is 0 Å². The number of nitrogens with one attached hydrogen (secondary N) is 2. The summed E-state index contributed by atoms with van der Waals surface area (Å²) in [5, 5.41) is 4.91. The molecule has 0 aliphatic rings. The topological polar surface area (TPSA) is 129 Å². The lowest BCUT2D eigenvalue weighted by Crippen LogP contribution is -2.48. The molecule has 2 amide bonds. The van der Waals surface area contributed by atoms with E-state index in [9.17, 15) is 19.2 Å². The second kappa shape index (κ2) is 13.5. The van der Waals surface area contributed by atoms with Gasteiger partial charge in [-0.2, -0.15) is 0 Å². The molecular formula is C28H36N2O8. The van der Waals surface area contributed by atoms with Gasteiger partial charge in [-0.1, -0.05) is 42.5 Å². The van der Waals surface area contributed by atoms with E-state index in [0.717, 1.165) is 5.56 Å². The van der Waals surface area contributed by atoms with Crippen LogP contribution in [0, 0.1) is 0 Å². The number of hydrogen-bond acceptors (Lipinski definition) is 8. The van der Waals surface area contributed by atoms with Crippen LogP contribution in [0.2, 0.25) is 0 Å². The molecule has 0 bridgehead atoms. The number of carbonyl (C=O) groups is 4. The summed E-state index contributed by atoms with van der Waals surface area (Å²) in [6.45, 7) is 9.78. The van der Waals surface area contributed by atoms with E-state index in [2.05, 4.69) is 10.6 Å². The van der Waals surface area contributed by atoms with Crippen LogP contribution in [-0.2, 0) is 41.6 Å². The van der Waals surface area contributed by atoms with Crippen LogP contribution in [0.25, 0.3) is 0 Å². The fourth-order valence-corrected chi connectivity index (χ4v) is 2.97. The monoisotopic (exact) mass is 528 g/mol. The molecule has 2 aromatic rings. The van der Waals surface area contributed by atoms with Gasteiger partial charge in [0.2, 0.25) is 0 Å². The average Bonchev–Trinajstić information content (AvgIpc) is 2.80. The van der Waals surface area contributed by atoms with Crippen molar-refractivity contribution in [1.82, 2.24) is 5.32 Å². The summed E-state index contributed by atoms with van der Waals surface area (Å²) in [4.78, 5) is 49.1. The normalized spacial score (nSPS) is 12.1. The molecule has 0 aliphatic heterocycles. The van der Waals surface area contributed by atoms with Crippen LogP contribution in [0.15, 0.2) is 54.6 Å². The van der Waals surface area contributed by atoms with Crippen molar-refractivity contribution in [2.45, 2.75) is 71.8 Å². The molecule has 0 spiro atoms. The summed E-state index contributed by atoms with van der Waals surface area (Å²) in [7, 11) is 0. The minimum atomic E-state index is -1.28. The SMILES string of the molecule is CC(C)(C)OC(=O)N[C@@H](COC(=O)Nc1ccc(CC(=O)OCc2ccccc2)cc1)C(=O)OC(C)(C)C. The molecule has 0 unspecified atom stereocenters. The fourth-order valence-electron chi connectivity index (χ4n) is 2.97. The summed E-state index contributed by atoms with van der Waals surface area (Å²) in [6.07, 6.45) is -1.62. The number of carbonyl (C=O) groups excluding carboxylic acids is 4. The molecule has 10 nitrogen and oxygen atoms in total. The molecule has 0 heterocycles. The zero-order chi connectivity index (χ0) is 28.3. The maximum atomic E-state index is 12.5. The average molecular weight is 529 g/mol. The van der Waals surface area contributed by atoms with Crippen molar-refractivity contribution >= 4 is 29.8 Å². The van der Waals surface area contributed by atoms with Crippen molar-refractivity contribution < 1.29 is 38.1 Å². The second-order valence-electron chi connectivity index (χ2n) is 10.5. The van der Waals surface area contributed by atoms with Crippen molar-refractivity contribution in [2.75, 3.05) is 11.9 Å². The summed E-state index contributed by atoms with van der Waals surface area (Å²) in [5.74, 6) is -1.15. The van der Waals surface area contributed by atoms with Crippen LogP contribution in [0.5, 0.6) is 0 Å². The summed E-state index contributed by atoms with van der Waals surface area (Å²) >= 11 is 0. The van der Waals surface area contributed by atoms with Gasteiger partial charge in [0.1, 0.15) is 24.4 Å². The van der Waals surface area contributed by atoms with Crippen molar-refractivity contribution in [3.05, 3.63) is 65.7 Å². The minimum absolute atomic E-state index is 0.0749. The van der Waals surface area contributed by atoms with Crippen molar-refractivity contribution in [1.29, 1.82) is 0 Å². The van der Waals surface area contributed by atoms with Gasteiger partial charge in [0.15, 0.2) is 6.04 Å². The minimum Gasteiger partial charge on any atom is -0.461 e. The first-order chi connectivity index (χ1) is 17.7. The quantitative estimate of drug-likeness (QED) is 0.352. The van der Waals surface area contributed by atoms with Crippen LogP contribution in [-0.4, -0.2) is 48.0 Å². The van der Waals surface area contributed by atoms with Gasteiger partial charge >= 0.3 is 24.1 Å². The molecule has 0 fully saturated rings. The number of benzene rings is 2. The summed E-state index contributed by atoms with van der Waals surface area (Å²) in [5.41, 5.74) is 0.405. The Balaban J connectivity index is 1.87. The highest BCUT2D eigenvalue weighted by molar-refractivity contribution is 5.86. The molecule has 0 aliphatic carbocycles. The van der Waals surface area contributed by atoms with Gasteiger partial charge in [-0.05, 0) is 64.8 Å². The van der Waals surface area contributed by atoms with E-state index in [4.69, 9.17) is 18.9 Å². The second-order valence-corrected chi connectivity index (χ2v) is 10.5. The molecule has 1 atom stereocenters. The lowest BCUT2D eigenvalue weighted by molar-refractivity contribution is -0.158. The molecule has 2 aromatic carbocycles. The molecular weight excluding hydrogens is 492 g/mol. The Kier molecular flexibility index (Phi) is 10.7. The first-order valence-electron chi connectivity index (χ1n) is 12.1. The lowest BCUT2D eigenvalue weighted by atomic mass is 10.1. The number of esters is 2. The molecule has 0 aromatic heterocycles. The number of hydrogen-bond donors (Lipinski definition) is 2. The van der Waals surface area contributed by atoms with Gasteiger partial charge < -0.3 is 24.3 Å². The van der Waals surface area contributed by atoms with Crippen molar-refractivity contribution in [2.24, 2.45) is 0 Å². The predicted octanol–water partition coefficient (Wildman–Crippen LogP) is 4.76. The van der Waals surface area contributed by atoms with Gasteiger partial charge in [0.05, 0.1) is 6.42 Å². The Morgan fingerprint density at radius 1 is 0.737 bits per heavy atom. The van der Waals surface area contributed by atoms with E-state index in [1.165, 1.54) is 0 Å². The van der Waals surface area contributed by atoms with E-state index in [1.807, 2.05) is 30.3 Å². The number of alkyl carbamates (subject to hydrolysis) is 1. The largest absolute Gasteiger partial charge is 0.461 e. The maximum Gasteiger partial charge on any atom is 0.411 e. The first kappa shape index (κ1) is 30.1. The van der Waals surface area contributed by atoms with E-state index >= 15 is 0 Å². The molecule has 0 saturated carbocycles. The molecule has 206 valence electrons.